The molecular formula is C28H26N6O2. The largest absolute Gasteiger partial charge is 0.361 e. The fourth-order valence-corrected chi connectivity index (χ4v) is 4.13. The third-order valence-electron chi connectivity index (χ3n) is 5.92. The number of nitrogens with zero attached hydrogens (tertiary/aromatic N) is 3. The van der Waals surface area contributed by atoms with Gasteiger partial charge in [0.15, 0.2) is 5.82 Å². The first-order chi connectivity index (χ1) is 17.6. The van der Waals surface area contributed by atoms with E-state index in [0.29, 0.717) is 18.8 Å². The van der Waals surface area contributed by atoms with Crippen LogP contribution in [0.1, 0.15) is 16.8 Å². The molecule has 5 rings (SSSR count). The number of benzene rings is 2. The second-order valence-electron chi connectivity index (χ2n) is 8.63. The second-order valence-corrected chi connectivity index (χ2v) is 8.63. The van der Waals surface area contributed by atoms with Gasteiger partial charge in [-0.1, -0.05) is 60.2 Å². The molecule has 3 N–H and O–H groups in total. The minimum atomic E-state index is -0.351. The predicted molar refractivity (Wildman–Crippen MR) is 140 cm³/mol. The Morgan fingerprint density at radius 2 is 1.86 bits per heavy atom. The molecule has 8 heteroatoms. The summed E-state index contributed by atoms with van der Waals surface area (Å²) in [5.41, 5.74) is 5.03. The molecule has 0 spiro atoms. The van der Waals surface area contributed by atoms with Gasteiger partial charge in [-0.25, -0.2) is 4.98 Å². The van der Waals surface area contributed by atoms with E-state index < -0.39 is 0 Å². The number of aromatic amines is 1. The van der Waals surface area contributed by atoms with Crippen molar-refractivity contribution in [1.29, 1.82) is 0 Å². The highest BCUT2D eigenvalue weighted by Gasteiger charge is 2.15. The number of nitrogens with one attached hydrogen (secondary N) is 3. The van der Waals surface area contributed by atoms with Crippen LogP contribution in [0.2, 0.25) is 0 Å². The summed E-state index contributed by atoms with van der Waals surface area (Å²) in [4.78, 5) is 38.1. The number of carbonyl (C=O) groups is 1. The van der Waals surface area contributed by atoms with Gasteiger partial charge in [0.2, 0.25) is 5.91 Å². The smallest absolute Gasteiger partial charge is 0.294 e. The van der Waals surface area contributed by atoms with Crippen molar-refractivity contribution in [2.45, 2.75) is 26.6 Å². The van der Waals surface area contributed by atoms with Gasteiger partial charge < -0.3 is 15.6 Å². The van der Waals surface area contributed by atoms with Crippen LogP contribution in [0.15, 0.2) is 90.1 Å². The van der Waals surface area contributed by atoms with Crippen molar-refractivity contribution in [3.8, 4) is 11.3 Å². The fourth-order valence-electron chi connectivity index (χ4n) is 4.13. The minimum Gasteiger partial charge on any atom is -0.361 e. The van der Waals surface area contributed by atoms with Gasteiger partial charge in [0.05, 0.1) is 18.4 Å². The van der Waals surface area contributed by atoms with Crippen molar-refractivity contribution >= 4 is 22.6 Å². The fraction of sp³-hybridized carbons (Fsp3) is 0.143. The first-order valence-electron chi connectivity index (χ1n) is 11.7. The van der Waals surface area contributed by atoms with E-state index in [-0.39, 0.29) is 23.8 Å². The van der Waals surface area contributed by atoms with Gasteiger partial charge in [-0.2, -0.15) is 0 Å². The van der Waals surface area contributed by atoms with Crippen LogP contribution in [0.5, 0.6) is 0 Å². The first-order valence-corrected chi connectivity index (χ1v) is 11.7. The molecule has 0 saturated carbocycles. The SMILES string of the molecule is Cc1cccc(CNc2ncc(-c3ccccc3)n(CC(=O)NCc3cc4cnccc4[nH]3)c2=O)c1. The number of hydrogen-bond acceptors (Lipinski definition) is 5. The predicted octanol–water partition coefficient (Wildman–Crippen LogP) is 4.02. The first kappa shape index (κ1) is 23.0. The number of amides is 1. The summed E-state index contributed by atoms with van der Waals surface area (Å²) in [5, 5.41) is 7.02. The molecule has 2 aromatic carbocycles. The lowest BCUT2D eigenvalue weighted by Gasteiger charge is -2.15. The highest BCUT2D eigenvalue weighted by atomic mass is 16.2. The van der Waals surface area contributed by atoms with E-state index in [2.05, 4.69) is 31.7 Å². The van der Waals surface area contributed by atoms with Gasteiger partial charge in [-0.05, 0) is 30.2 Å². The van der Waals surface area contributed by atoms with Crippen molar-refractivity contribution in [1.82, 2.24) is 24.8 Å². The zero-order chi connectivity index (χ0) is 24.9. The van der Waals surface area contributed by atoms with E-state index in [4.69, 9.17) is 0 Å². The lowest BCUT2D eigenvalue weighted by atomic mass is 10.1. The molecule has 0 aliphatic carbocycles. The third kappa shape index (κ3) is 5.17. The molecule has 1 amide bonds. The normalized spacial score (nSPS) is 10.9. The maximum Gasteiger partial charge on any atom is 0.294 e. The van der Waals surface area contributed by atoms with Gasteiger partial charge in [0, 0.05) is 35.5 Å². The Bertz CT molecular complexity index is 1540. The Morgan fingerprint density at radius 1 is 1.00 bits per heavy atom. The number of H-pyrrole nitrogens is 1. The van der Waals surface area contributed by atoms with Gasteiger partial charge >= 0.3 is 0 Å². The van der Waals surface area contributed by atoms with Crippen molar-refractivity contribution in [3.63, 3.8) is 0 Å². The maximum absolute atomic E-state index is 13.4. The summed E-state index contributed by atoms with van der Waals surface area (Å²) in [5.74, 6) is -0.0750. The number of hydrogen-bond donors (Lipinski definition) is 3. The number of aromatic nitrogens is 4. The summed E-state index contributed by atoms with van der Waals surface area (Å²) < 4.78 is 1.46. The van der Waals surface area contributed by atoms with E-state index in [0.717, 1.165) is 33.3 Å². The van der Waals surface area contributed by atoms with Gasteiger partial charge in [-0.3, -0.25) is 19.1 Å². The topological polar surface area (TPSA) is 105 Å². The summed E-state index contributed by atoms with van der Waals surface area (Å²) in [7, 11) is 0. The number of anilines is 1. The van der Waals surface area contributed by atoms with Gasteiger partial charge in [-0.15, -0.1) is 0 Å². The van der Waals surface area contributed by atoms with Crippen molar-refractivity contribution in [2.75, 3.05) is 5.32 Å². The van der Waals surface area contributed by atoms with Crippen LogP contribution >= 0.6 is 0 Å². The zero-order valence-corrected chi connectivity index (χ0v) is 19.9. The quantitative estimate of drug-likeness (QED) is 0.312. The molecule has 8 nitrogen and oxygen atoms in total. The standard InChI is InChI=1S/C28H26N6O2/c1-19-6-5-7-20(12-19)14-31-27-28(36)34(25(17-32-27)21-8-3-2-4-9-21)18-26(35)30-16-23-13-22-15-29-11-10-24(22)33-23/h2-13,15,17,33H,14,16,18H2,1H3,(H,30,35)(H,31,32). The number of pyridine rings is 1. The van der Waals surface area contributed by atoms with Crippen molar-refractivity contribution < 1.29 is 4.79 Å². The molecule has 5 aromatic rings. The summed E-state index contributed by atoms with van der Waals surface area (Å²) in [6, 6.07) is 21.3. The molecule has 0 atom stereocenters. The zero-order valence-electron chi connectivity index (χ0n) is 19.9. The number of aryl methyl sites for hydroxylation is 1. The summed E-state index contributed by atoms with van der Waals surface area (Å²) in [6.45, 7) is 2.66. The summed E-state index contributed by atoms with van der Waals surface area (Å²) >= 11 is 0. The van der Waals surface area contributed by atoms with E-state index in [1.54, 1.807) is 18.6 Å². The molecule has 180 valence electrons. The molecular weight excluding hydrogens is 452 g/mol. The van der Waals surface area contributed by atoms with Crippen molar-refractivity contribution in [2.24, 2.45) is 0 Å². The Labute approximate surface area is 208 Å². The van der Waals surface area contributed by atoms with Crippen LogP contribution in [0.3, 0.4) is 0 Å². The van der Waals surface area contributed by atoms with E-state index in [9.17, 15) is 9.59 Å². The second kappa shape index (κ2) is 10.3. The number of rotatable bonds is 8. The maximum atomic E-state index is 13.4. The van der Waals surface area contributed by atoms with E-state index in [1.807, 2.05) is 67.6 Å². The van der Waals surface area contributed by atoms with Crippen LogP contribution in [0.4, 0.5) is 5.82 Å². The van der Waals surface area contributed by atoms with Gasteiger partial charge in [0.1, 0.15) is 6.54 Å². The summed E-state index contributed by atoms with van der Waals surface area (Å²) in [6.07, 6.45) is 5.12. The highest BCUT2D eigenvalue weighted by Crippen LogP contribution is 2.18. The van der Waals surface area contributed by atoms with Gasteiger partial charge in [0.25, 0.3) is 5.56 Å². The van der Waals surface area contributed by atoms with Crippen LogP contribution < -0.4 is 16.2 Å². The van der Waals surface area contributed by atoms with Crippen LogP contribution in [-0.2, 0) is 24.4 Å². The molecule has 3 heterocycles. The average Bonchev–Trinajstić information content (AvgIpc) is 3.32. The Morgan fingerprint density at radius 3 is 2.67 bits per heavy atom. The molecule has 0 bridgehead atoms. The van der Waals surface area contributed by atoms with Crippen LogP contribution in [0, 0.1) is 6.92 Å². The molecule has 3 aromatic heterocycles. The molecule has 0 saturated heterocycles. The van der Waals surface area contributed by atoms with E-state index in [1.165, 1.54) is 4.57 Å². The minimum absolute atomic E-state index is 0.132. The third-order valence-corrected chi connectivity index (χ3v) is 5.92. The molecule has 0 aliphatic rings. The van der Waals surface area contributed by atoms with Crippen LogP contribution in [-0.4, -0.2) is 25.4 Å². The monoisotopic (exact) mass is 478 g/mol. The van der Waals surface area contributed by atoms with Crippen molar-refractivity contribution in [3.05, 3.63) is 112 Å². The van der Waals surface area contributed by atoms with E-state index >= 15 is 0 Å². The molecule has 36 heavy (non-hydrogen) atoms. The average molecular weight is 479 g/mol. The Balaban J connectivity index is 1.37. The molecule has 0 unspecified atom stereocenters. The van der Waals surface area contributed by atoms with Crippen LogP contribution in [0.25, 0.3) is 22.2 Å². The lowest BCUT2D eigenvalue weighted by Crippen LogP contribution is -2.34. The highest BCUT2D eigenvalue weighted by molar-refractivity contribution is 5.80. The molecule has 0 fully saturated rings. The Kier molecular flexibility index (Phi) is 6.57. The Hall–Kier alpha value is -4.72. The number of carbonyl (C=O) groups excluding carboxylic acids is 1. The number of fused-ring (bicyclic) bond motifs is 1. The lowest BCUT2D eigenvalue weighted by molar-refractivity contribution is -0.121. The molecule has 0 radical (unpaired) electrons. The molecule has 0 aliphatic heterocycles.